The fraction of sp³-hybridized carbons (Fsp3) is 0.300. The number of benzene rings is 2. The van der Waals surface area contributed by atoms with Gasteiger partial charge in [-0.15, -0.1) is 11.8 Å². The summed E-state index contributed by atoms with van der Waals surface area (Å²) in [6.45, 7) is 3.23. The minimum Gasteiger partial charge on any atom is -0.465 e. The van der Waals surface area contributed by atoms with Gasteiger partial charge < -0.3 is 19.7 Å². The van der Waals surface area contributed by atoms with Gasteiger partial charge in [-0.2, -0.15) is 0 Å². The van der Waals surface area contributed by atoms with E-state index < -0.39 is 5.97 Å². The van der Waals surface area contributed by atoms with Gasteiger partial charge in [-0.25, -0.2) is 4.79 Å². The first kappa shape index (κ1) is 19.3. The van der Waals surface area contributed by atoms with Gasteiger partial charge in [0.2, 0.25) is 5.91 Å². The van der Waals surface area contributed by atoms with Gasteiger partial charge in [-0.3, -0.25) is 4.79 Å². The molecule has 3 rings (SSSR count). The average molecular weight is 386 g/mol. The third-order valence-electron chi connectivity index (χ3n) is 4.18. The van der Waals surface area contributed by atoms with Crippen molar-refractivity contribution in [2.75, 3.05) is 49.4 Å². The number of carbonyl (C=O) groups excluding carboxylic acids is 2. The van der Waals surface area contributed by atoms with E-state index in [0.29, 0.717) is 5.56 Å². The second-order valence-corrected chi connectivity index (χ2v) is 6.99. The molecule has 0 unspecified atom stereocenters. The summed E-state index contributed by atoms with van der Waals surface area (Å²) in [6, 6.07) is 14.9. The average Bonchev–Trinajstić information content (AvgIpc) is 2.73. The molecule has 1 aliphatic rings. The van der Waals surface area contributed by atoms with Gasteiger partial charge >= 0.3 is 5.97 Å². The van der Waals surface area contributed by atoms with Crippen molar-refractivity contribution >= 4 is 35.0 Å². The number of rotatable bonds is 6. The highest BCUT2D eigenvalue weighted by molar-refractivity contribution is 8.00. The van der Waals surface area contributed by atoms with E-state index in [1.165, 1.54) is 18.9 Å². The monoisotopic (exact) mass is 386 g/mol. The van der Waals surface area contributed by atoms with Crippen LogP contribution in [0.15, 0.2) is 53.4 Å². The summed E-state index contributed by atoms with van der Waals surface area (Å²) in [5, 5.41) is 2.89. The maximum absolute atomic E-state index is 12.2. The molecule has 27 heavy (non-hydrogen) atoms. The third-order valence-corrected chi connectivity index (χ3v) is 5.25. The summed E-state index contributed by atoms with van der Waals surface area (Å²) >= 11 is 1.31. The first-order valence-electron chi connectivity index (χ1n) is 8.70. The Balaban J connectivity index is 1.54. The molecule has 0 spiro atoms. The lowest BCUT2D eigenvalue weighted by Crippen LogP contribution is -2.36. The van der Waals surface area contributed by atoms with E-state index in [2.05, 4.69) is 10.2 Å². The summed E-state index contributed by atoms with van der Waals surface area (Å²) in [5.41, 5.74) is 2.34. The number of nitrogens with one attached hydrogen (secondary N) is 1. The summed E-state index contributed by atoms with van der Waals surface area (Å²) in [4.78, 5) is 27.0. The minimum atomic E-state index is -0.405. The first-order valence-corrected chi connectivity index (χ1v) is 9.68. The van der Waals surface area contributed by atoms with Crippen molar-refractivity contribution in [3.05, 3.63) is 54.1 Å². The van der Waals surface area contributed by atoms with Crippen LogP contribution >= 0.6 is 11.8 Å². The molecule has 0 aliphatic carbocycles. The standard InChI is InChI=1S/C20H22N2O4S/c1-25-20(24)17-4-2-3-5-18(17)27-14-19(23)21-15-6-8-16(9-7-15)22-10-12-26-13-11-22/h2-9H,10-14H2,1H3,(H,21,23). The number of anilines is 2. The lowest BCUT2D eigenvalue weighted by Gasteiger charge is -2.28. The van der Waals surface area contributed by atoms with Crippen LogP contribution in [0.2, 0.25) is 0 Å². The molecule has 0 saturated carbocycles. The zero-order chi connectivity index (χ0) is 19.1. The van der Waals surface area contributed by atoms with Crippen LogP contribution in [0.3, 0.4) is 0 Å². The molecule has 2 aromatic carbocycles. The Morgan fingerprint density at radius 3 is 2.52 bits per heavy atom. The van der Waals surface area contributed by atoms with Gasteiger partial charge in [0, 0.05) is 29.4 Å². The van der Waals surface area contributed by atoms with Crippen LogP contribution in [0.1, 0.15) is 10.4 Å². The molecule has 1 fully saturated rings. The van der Waals surface area contributed by atoms with Crippen molar-refractivity contribution < 1.29 is 19.1 Å². The molecule has 0 aromatic heterocycles. The van der Waals surface area contributed by atoms with Gasteiger partial charge in [-0.05, 0) is 36.4 Å². The Kier molecular flexibility index (Phi) is 6.73. The Morgan fingerprint density at radius 2 is 1.81 bits per heavy atom. The van der Waals surface area contributed by atoms with Gasteiger partial charge in [-0.1, -0.05) is 12.1 Å². The predicted octanol–water partition coefficient (Wildman–Crippen LogP) is 3.04. The number of morpholine rings is 1. The van der Waals surface area contributed by atoms with Crippen LogP contribution in [-0.2, 0) is 14.3 Å². The van der Waals surface area contributed by atoms with Gasteiger partial charge in [0.25, 0.3) is 0 Å². The van der Waals surface area contributed by atoms with E-state index in [0.717, 1.165) is 42.6 Å². The lowest BCUT2D eigenvalue weighted by atomic mass is 10.2. The molecule has 1 aliphatic heterocycles. The number of nitrogens with zero attached hydrogens (tertiary/aromatic N) is 1. The van der Waals surface area contributed by atoms with Crippen LogP contribution in [0.25, 0.3) is 0 Å². The quantitative estimate of drug-likeness (QED) is 0.608. The molecule has 2 aromatic rings. The molecule has 1 saturated heterocycles. The van der Waals surface area contributed by atoms with E-state index in [1.54, 1.807) is 18.2 Å². The summed E-state index contributed by atoms with van der Waals surface area (Å²) in [5.74, 6) is -0.324. The maximum atomic E-state index is 12.2. The Morgan fingerprint density at radius 1 is 1.11 bits per heavy atom. The molecule has 7 heteroatoms. The minimum absolute atomic E-state index is 0.126. The number of thioether (sulfide) groups is 1. The number of hydrogen-bond donors (Lipinski definition) is 1. The molecular weight excluding hydrogens is 364 g/mol. The molecular formula is C20H22N2O4S. The second kappa shape index (κ2) is 9.43. The van der Waals surface area contributed by atoms with E-state index in [9.17, 15) is 9.59 Å². The van der Waals surface area contributed by atoms with Crippen LogP contribution < -0.4 is 10.2 Å². The van der Waals surface area contributed by atoms with Crippen LogP contribution in [0, 0.1) is 0 Å². The molecule has 1 heterocycles. The van der Waals surface area contributed by atoms with Crippen molar-refractivity contribution in [3.63, 3.8) is 0 Å². The number of carbonyl (C=O) groups is 2. The topological polar surface area (TPSA) is 67.9 Å². The van der Waals surface area contributed by atoms with Crippen LogP contribution in [0.4, 0.5) is 11.4 Å². The smallest absolute Gasteiger partial charge is 0.338 e. The normalized spacial score (nSPS) is 13.9. The summed E-state index contributed by atoms with van der Waals surface area (Å²) in [6.07, 6.45) is 0. The van der Waals surface area contributed by atoms with Gasteiger partial charge in [0.1, 0.15) is 0 Å². The zero-order valence-electron chi connectivity index (χ0n) is 15.1. The molecule has 142 valence electrons. The Bertz CT molecular complexity index is 789. The van der Waals surface area contributed by atoms with Crippen molar-refractivity contribution in [3.8, 4) is 0 Å². The molecule has 0 atom stereocenters. The van der Waals surface area contributed by atoms with Crippen LogP contribution in [0.5, 0.6) is 0 Å². The number of esters is 1. The number of ether oxygens (including phenoxy) is 2. The highest BCUT2D eigenvalue weighted by Crippen LogP contribution is 2.24. The van der Waals surface area contributed by atoms with Crippen molar-refractivity contribution in [1.82, 2.24) is 0 Å². The molecule has 1 amide bonds. The highest BCUT2D eigenvalue weighted by atomic mass is 32.2. The van der Waals surface area contributed by atoms with Crippen molar-refractivity contribution in [2.24, 2.45) is 0 Å². The molecule has 1 N–H and O–H groups in total. The zero-order valence-corrected chi connectivity index (χ0v) is 16.0. The van der Waals surface area contributed by atoms with E-state index in [-0.39, 0.29) is 11.7 Å². The van der Waals surface area contributed by atoms with Crippen LogP contribution in [-0.4, -0.2) is 51.0 Å². The van der Waals surface area contributed by atoms with Crippen molar-refractivity contribution in [2.45, 2.75) is 4.90 Å². The van der Waals surface area contributed by atoms with Crippen molar-refractivity contribution in [1.29, 1.82) is 0 Å². The lowest BCUT2D eigenvalue weighted by molar-refractivity contribution is -0.113. The fourth-order valence-corrected chi connectivity index (χ4v) is 3.63. The fourth-order valence-electron chi connectivity index (χ4n) is 2.79. The number of hydrogen-bond acceptors (Lipinski definition) is 6. The van der Waals surface area contributed by atoms with Gasteiger partial charge in [0.15, 0.2) is 0 Å². The van der Waals surface area contributed by atoms with E-state index in [1.807, 2.05) is 30.3 Å². The predicted molar refractivity (Wildman–Crippen MR) is 107 cm³/mol. The molecule has 0 radical (unpaired) electrons. The molecule has 6 nitrogen and oxygen atoms in total. The number of amides is 1. The number of methoxy groups -OCH3 is 1. The first-order chi connectivity index (χ1) is 13.2. The largest absolute Gasteiger partial charge is 0.465 e. The Hall–Kier alpha value is -2.51. The SMILES string of the molecule is COC(=O)c1ccccc1SCC(=O)Nc1ccc(N2CCOCC2)cc1. The van der Waals surface area contributed by atoms with E-state index in [4.69, 9.17) is 9.47 Å². The molecule has 0 bridgehead atoms. The van der Waals surface area contributed by atoms with Gasteiger partial charge in [0.05, 0.1) is 31.6 Å². The Labute approximate surface area is 162 Å². The summed E-state index contributed by atoms with van der Waals surface area (Å²) in [7, 11) is 1.34. The third kappa shape index (κ3) is 5.24. The highest BCUT2D eigenvalue weighted by Gasteiger charge is 2.14. The second-order valence-electron chi connectivity index (χ2n) is 5.97. The summed E-state index contributed by atoms with van der Waals surface area (Å²) < 4.78 is 10.1. The maximum Gasteiger partial charge on any atom is 0.338 e. The van der Waals surface area contributed by atoms with E-state index >= 15 is 0 Å².